The minimum Gasteiger partial charge on any atom is -0.481 e. The normalized spacial score (nSPS) is 17.8. The van der Waals surface area contributed by atoms with Gasteiger partial charge in [0, 0.05) is 37.3 Å². The number of ether oxygens (including phenoxy) is 5. The van der Waals surface area contributed by atoms with Crippen LogP contribution in [0, 0.1) is 23.7 Å². The first-order valence-electron chi connectivity index (χ1n) is 40.0. The number of carboxylic acid groups (broad SMARTS) is 1. The van der Waals surface area contributed by atoms with Crippen LogP contribution in [0.5, 0.6) is 0 Å². The van der Waals surface area contributed by atoms with Crippen molar-refractivity contribution in [3.8, 4) is 44.8 Å². The molecule has 28 heteroatoms. The zero-order valence-electron chi connectivity index (χ0n) is 68.8. The zero-order chi connectivity index (χ0) is 83.2. The lowest BCUT2D eigenvalue weighted by Crippen LogP contribution is -2.51. The van der Waals surface area contributed by atoms with Gasteiger partial charge in [0.1, 0.15) is 46.6 Å². The Bertz CT molecular complexity index is 5260. The van der Waals surface area contributed by atoms with Gasteiger partial charge in [-0.05, 0) is 203 Å². The van der Waals surface area contributed by atoms with Crippen LogP contribution in [0.4, 0.5) is 19.2 Å². The van der Waals surface area contributed by atoms with Crippen molar-refractivity contribution >= 4 is 91.7 Å². The number of aromatic nitrogens is 8. The second-order valence-corrected chi connectivity index (χ2v) is 33.4. The van der Waals surface area contributed by atoms with Crippen LogP contribution in [0.25, 0.3) is 88.4 Å². The molecule has 4 aromatic heterocycles. The summed E-state index contributed by atoms with van der Waals surface area (Å²) in [6, 6.07) is 35.9. The molecule has 4 saturated heterocycles. The highest BCUT2D eigenvalue weighted by atomic mass is 16.6. The molecule has 14 rings (SSSR count). The summed E-state index contributed by atoms with van der Waals surface area (Å²) in [6.45, 7) is 25.0. The predicted octanol–water partition coefficient (Wildman–Crippen LogP) is 16.7. The molecule has 0 saturated carbocycles. The highest BCUT2D eigenvalue weighted by Gasteiger charge is 2.41. The maximum atomic E-state index is 13.6. The molecule has 28 nitrogen and oxygen atoms in total. The van der Waals surface area contributed by atoms with Crippen molar-refractivity contribution in [1.29, 1.82) is 0 Å². The van der Waals surface area contributed by atoms with Crippen LogP contribution in [0.1, 0.15) is 188 Å². The number of aliphatic carboxylic acids is 1. The standard InChI is InChI=1S/C42H50N8O6.C38H44N6O4.C8H14O4/c1-23(2)35(47-41(53)55-5)39(51)49-17-7-9-33(49)37-43-22-32(46-37)29-14-13-25-19-26(11-12-27(25)20-29)28-15-16-30-31(21-28)45-38(44-30)34-10-8-18-50(34)40(52)36(24(3)4)48-42(54)56-6;1-37(2,3)47-35(45)43-17-7-9-31(43)33-39-22-30(42-33)27-14-13-23-19-24(11-12-25(23)20-27)26-15-16-28-29(21-26)41-34(40-28)32-10-8-18-44(32)36(46)48-38(4,5)6;1-5(2)6(8(10)11)4-7(9)12-3/h11-16,19-24,33-36H,7-10,17-18H2,1-6H3,(H,43,46)(H,44,45)(H,47,53)(H,48,54);11-16,19-22,31-32H,7-10,17-18H2,1-6H3,(H,39,42)(H,40,41);5-6H,4H2,1-3H3,(H,10,11)/t33-,34-,35-,36-;31-,32-;6-/m000/s1. The van der Waals surface area contributed by atoms with Crippen LogP contribution in [-0.2, 0) is 42.9 Å². The zero-order valence-corrected chi connectivity index (χ0v) is 68.8. The Kier molecular flexibility index (Phi) is 25.6. The number of carbonyl (C=O) groups is 8. The molecule has 10 aromatic rings. The number of nitrogens with zero attached hydrogens (tertiary/aromatic N) is 8. The summed E-state index contributed by atoms with van der Waals surface area (Å²) in [5.74, 6) is 0.423. The molecule has 8 heterocycles. The third-order valence-corrected chi connectivity index (χ3v) is 21.8. The number of esters is 1. The maximum Gasteiger partial charge on any atom is 0.410 e. The minimum atomic E-state index is -0.949. The fourth-order valence-electron chi connectivity index (χ4n) is 15.7. The number of benzene rings is 6. The van der Waals surface area contributed by atoms with E-state index in [1.807, 2.05) is 104 Å². The van der Waals surface area contributed by atoms with Gasteiger partial charge in [-0.3, -0.25) is 29.0 Å². The Labute approximate surface area is 674 Å². The molecule has 0 aliphatic carbocycles. The number of aromatic amines is 4. The molecule has 4 fully saturated rings. The van der Waals surface area contributed by atoms with Crippen LogP contribution in [0.15, 0.2) is 122 Å². The third-order valence-electron chi connectivity index (χ3n) is 21.8. The van der Waals surface area contributed by atoms with Gasteiger partial charge in [0.15, 0.2) is 0 Å². The predicted molar refractivity (Wildman–Crippen MR) is 441 cm³/mol. The van der Waals surface area contributed by atoms with Crippen molar-refractivity contribution < 1.29 is 67.1 Å². The van der Waals surface area contributed by atoms with Crippen molar-refractivity contribution in [3.05, 3.63) is 145 Å². The van der Waals surface area contributed by atoms with Crippen molar-refractivity contribution in [3.63, 3.8) is 0 Å². The van der Waals surface area contributed by atoms with E-state index in [1.54, 1.807) is 23.6 Å². The monoisotopic (exact) mass is 1580 g/mol. The fourth-order valence-corrected chi connectivity index (χ4v) is 15.7. The highest BCUT2D eigenvalue weighted by molar-refractivity contribution is 5.94. The molecule has 116 heavy (non-hydrogen) atoms. The number of imidazole rings is 4. The van der Waals surface area contributed by atoms with E-state index in [-0.39, 0.29) is 72.3 Å². The molecule has 4 aliphatic heterocycles. The number of fused-ring (bicyclic) bond motifs is 4. The molecule has 0 unspecified atom stereocenters. The SMILES string of the molecule is CC(C)(C)OC(=O)N1CCC[C@H]1c1ncc(-c2ccc3cc(-c4ccc5nc([C@@H]6CCCN6C(=O)OC(C)(C)C)[nH]c5c4)ccc3c2)[nH]1.COC(=O)C[C@H](C(=O)O)C(C)C.COC(=O)N[C@H](C(=O)N1CCC[C@H]1c1ncc(-c2ccc3cc(-c4ccc5nc([C@@H]6CCCN6C(=O)[C@@H](NC(=O)OC)C(C)C)[nH]c5c4)ccc3c2)[nH]1)C(C)C. The van der Waals surface area contributed by atoms with Gasteiger partial charge in [0.05, 0.1) is 104 Å². The lowest BCUT2D eigenvalue weighted by atomic mass is 9.93. The molecule has 0 spiro atoms. The van der Waals surface area contributed by atoms with Crippen molar-refractivity contribution in [2.45, 2.75) is 188 Å². The molecular formula is C88H108N14O14. The Morgan fingerprint density at radius 2 is 0.776 bits per heavy atom. The van der Waals surface area contributed by atoms with Gasteiger partial charge in [-0.2, -0.15) is 0 Å². The summed E-state index contributed by atoms with van der Waals surface area (Å²) in [7, 11) is 3.83. The Morgan fingerprint density at radius 3 is 1.13 bits per heavy atom. The molecule has 6 amide bonds. The van der Waals surface area contributed by atoms with Crippen LogP contribution >= 0.6 is 0 Å². The van der Waals surface area contributed by atoms with Crippen LogP contribution in [0.3, 0.4) is 0 Å². The first-order valence-corrected chi connectivity index (χ1v) is 40.0. The third kappa shape index (κ3) is 19.4. The van der Waals surface area contributed by atoms with E-state index in [4.69, 9.17) is 39.0 Å². The van der Waals surface area contributed by atoms with Gasteiger partial charge in [0.25, 0.3) is 0 Å². The summed E-state index contributed by atoms with van der Waals surface area (Å²) >= 11 is 0. The van der Waals surface area contributed by atoms with Crippen molar-refractivity contribution in [2.75, 3.05) is 47.5 Å². The van der Waals surface area contributed by atoms with Crippen LogP contribution in [-0.4, -0.2) is 183 Å². The topological polar surface area (TPSA) is 355 Å². The summed E-state index contributed by atoms with van der Waals surface area (Å²) in [5, 5.41) is 18.5. The molecule has 0 bridgehead atoms. The smallest absolute Gasteiger partial charge is 0.410 e. The molecule has 6 aromatic carbocycles. The Balaban J connectivity index is 0.000000189. The van der Waals surface area contributed by atoms with E-state index < -0.39 is 53.3 Å². The van der Waals surface area contributed by atoms with E-state index >= 15 is 0 Å². The van der Waals surface area contributed by atoms with Gasteiger partial charge < -0.3 is 69.2 Å². The Morgan fingerprint density at radius 1 is 0.440 bits per heavy atom. The highest BCUT2D eigenvalue weighted by Crippen LogP contribution is 2.40. The second kappa shape index (κ2) is 35.5. The number of rotatable bonds is 18. The van der Waals surface area contributed by atoms with E-state index in [1.165, 1.54) is 21.3 Å². The Hall–Kier alpha value is -11.8. The van der Waals surface area contributed by atoms with Crippen molar-refractivity contribution in [1.82, 2.24) is 70.1 Å². The molecule has 4 aliphatic rings. The summed E-state index contributed by atoms with van der Waals surface area (Å²) in [4.78, 5) is 139. The number of amides is 6. The van der Waals surface area contributed by atoms with Gasteiger partial charge in [0.2, 0.25) is 11.8 Å². The lowest BCUT2D eigenvalue weighted by molar-refractivity contribution is -0.151. The van der Waals surface area contributed by atoms with Gasteiger partial charge in [-0.1, -0.05) is 102 Å². The number of H-pyrrole nitrogens is 4. The summed E-state index contributed by atoms with van der Waals surface area (Å²) in [6.07, 6.45) is 8.56. The maximum absolute atomic E-state index is 13.6. The number of carbonyl (C=O) groups excluding carboxylic acids is 7. The lowest BCUT2D eigenvalue weighted by Gasteiger charge is -2.30. The number of alkyl carbamates (subject to hydrolysis) is 2. The molecule has 7 N–H and O–H groups in total. The van der Waals surface area contributed by atoms with Gasteiger partial charge >= 0.3 is 36.3 Å². The van der Waals surface area contributed by atoms with E-state index in [2.05, 4.69) is 137 Å². The molecule has 0 radical (unpaired) electrons. The average Bonchev–Trinajstić information content (AvgIpc) is 1.50. The van der Waals surface area contributed by atoms with E-state index in [0.717, 1.165) is 163 Å². The van der Waals surface area contributed by atoms with Gasteiger partial charge in [-0.15, -0.1) is 0 Å². The second-order valence-electron chi connectivity index (χ2n) is 33.4. The summed E-state index contributed by atoms with van der Waals surface area (Å²) in [5.41, 5.74) is 10.5. The van der Waals surface area contributed by atoms with Crippen LogP contribution < -0.4 is 10.6 Å². The number of hydrogen-bond donors (Lipinski definition) is 7. The van der Waals surface area contributed by atoms with E-state index in [9.17, 15) is 38.4 Å². The number of methoxy groups -OCH3 is 3. The fraction of sp³-hybridized carbons (Fsp3) is 0.455. The molecule has 614 valence electrons. The minimum absolute atomic E-state index is 0.0521. The summed E-state index contributed by atoms with van der Waals surface area (Å²) < 4.78 is 25.2. The number of likely N-dealkylation sites (tertiary alicyclic amines) is 4. The average molecular weight is 1590 g/mol. The quantitative estimate of drug-likeness (QED) is 0.0310. The number of hydrogen-bond acceptors (Lipinski definition) is 17. The van der Waals surface area contributed by atoms with Crippen molar-refractivity contribution in [2.24, 2.45) is 23.7 Å². The largest absolute Gasteiger partial charge is 0.481 e. The van der Waals surface area contributed by atoms with E-state index in [0.29, 0.717) is 26.2 Å². The first-order chi connectivity index (χ1) is 55.2. The van der Waals surface area contributed by atoms with Crippen LogP contribution in [0.2, 0.25) is 0 Å². The molecular weight excluding hydrogens is 1480 g/mol. The number of nitrogens with one attached hydrogen (secondary N) is 6. The molecule has 7 atom stereocenters. The first kappa shape index (κ1) is 83.6. The van der Waals surface area contributed by atoms with Gasteiger partial charge in [-0.25, -0.2) is 39.1 Å². The number of carboxylic acids is 1.